The number of nitrogens with one attached hydrogen (secondary N) is 1. The van der Waals surface area contributed by atoms with Gasteiger partial charge in [-0.3, -0.25) is 9.89 Å². The maximum atomic E-state index is 12.9. The van der Waals surface area contributed by atoms with Crippen molar-refractivity contribution in [1.82, 2.24) is 15.1 Å². The van der Waals surface area contributed by atoms with Crippen LogP contribution in [0.25, 0.3) is 0 Å². The number of carbonyl (C=O) groups is 1. The summed E-state index contributed by atoms with van der Waals surface area (Å²) >= 11 is 6.18. The lowest BCUT2D eigenvalue weighted by Gasteiger charge is -2.43. The number of aromatic amines is 1. The van der Waals surface area contributed by atoms with Crippen LogP contribution in [-0.4, -0.2) is 59.5 Å². The van der Waals surface area contributed by atoms with Crippen molar-refractivity contribution >= 4 is 17.5 Å². The molecule has 0 radical (unpaired) electrons. The van der Waals surface area contributed by atoms with E-state index < -0.39 is 0 Å². The molecule has 0 spiro atoms. The van der Waals surface area contributed by atoms with E-state index in [1.807, 2.05) is 4.90 Å². The summed E-state index contributed by atoms with van der Waals surface area (Å²) in [5.41, 5.74) is 0.744. The van der Waals surface area contributed by atoms with Crippen LogP contribution in [0, 0.1) is 6.92 Å². The number of halogens is 1. The van der Waals surface area contributed by atoms with E-state index in [1.165, 1.54) is 0 Å². The van der Waals surface area contributed by atoms with E-state index in [0.29, 0.717) is 23.0 Å². The summed E-state index contributed by atoms with van der Waals surface area (Å²) in [6.45, 7) is 2.47. The number of amides is 1. The van der Waals surface area contributed by atoms with Crippen molar-refractivity contribution in [1.29, 1.82) is 0 Å². The Morgan fingerprint density at radius 1 is 1.45 bits per heavy atom. The van der Waals surface area contributed by atoms with Gasteiger partial charge in [0.25, 0.3) is 5.91 Å². The van der Waals surface area contributed by atoms with Crippen LogP contribution in [0.15, 0.2) is 0 Å². The van der Waals surface area contributed by atoms with E-state index in [4.69, 9.17) is 21.1 Å². The van der Waals surface area contributed by atoms with Crippen molar-refractivity contribution in [3.63, 3.8) is 0 Å². The summed E-state index contributed by atoms with van der Waals surface area (Å²) in [4.78, 5) is 14.7. The largest absolute Gasteiger partial charge is 0.381 e. The number of ether oxygens (including phenoxy) is 2. The lowest BCUT2D eigenvalue weighted by atomic mass is 9.79. The van der Waals surface area contributed by atoms with Gasteiger partial charge in [-0.25, -0.2) is 0 Å². The molecule has 0 bridgehead atoms. The zero-order valence-corrected chi connectivity index (χ0v) is 13.9. The number of rotatable bonds is 3. The molecule has 122 valence electrons. The van der Waals surface area contributed by atoms with E-state index in [0.717, 1.165) is 25.7 Å². The van der Waals surface area contributed by atoms with Gasteiger partial charge in [0.05, 0.1) is 28.5 Å². The Morgan fingerprint density at radius 2 is 2.23 bits per heavy atom. The average Bonchev–Trinajstić information content (AvgIpc) is 3.08. The van der Waals surface area contributed by atoms with Gasteiger partial charge in [0.2, 0.25) is 0 Å². The quantitative estimate of drug-likeness (QED) is 0.924. The predicted molar refractivity (Wildman–Crippen MR) is 82.2 cm³/mol. The number of nitrogens with zero attached hydrogens (tertiary/aromatic N) is 2. The van der Waals surface area contributed by atoms with Gasteiger partial charge in [-0.2, -0.15) is 5.10 Å². The van der Waals surface area contributed by atoms with Crippen molar-refractivity contribution in [3.05, 3.63) is 16.4 Å². The molecule has 1 aliphatic carbocycles. The molecular weight excluding hydrogens is 306 g/mol. The fourth-order valence-corrected chi connectivity index (χ4v) is 3.98. The molecule has 7 heteroatoms. The minimum atomic E-state index is -0.261. The maximum Gasteiger partial charge on any atom is 0.276 e. The van der Waals surface area contributed by atoms with Crippen LogP contribution in [0.3, 0.4) is 0 Å². The van der Waals surface area contributed by atoms with Crippen LogP contribution < -0.4 is 0 Å². The van der Waals surface area contributed by atoms with Crippen molar-refractivity contribution in [2.24, 2.45) is 0 Å². The molecule has 1 aromatic heterocycles. The molecule has 2 aliphatic rings. The van der Waals surface area contributed by atoms with E-state index in [1.54, 1.807) is 21.1 Å². The summed E-state index contributed by atoms with van der Waals surface area (Å²) in [6, 6.07) is 0.0109. The number of carbonyl (C=O) groups excluding carboxylic acids is 1. The fourth-order valence-electron chi connectivity index (χ4n) is 3.81. The van der Waals surface area contributed by atoms with Crippen molar-refractivity contribution in [2.75, 3.05) is 20.8 Å². The smallest absolute Gasteiger partial charge is 0.276 e. The molecule has 3 rings (SSSR count). The third kappa shape index (κ3) is 2.33. The maximum absolute atomic E-state index is 12.9. The third-order valence-electron chi connectivity index (χ3n) is 5.21. The molecule has 0 aromatic carbocycles. The van der Waals surface area contributed by atoms with Gasteiger partial charge in [0.1, 0.15) is 0 Å². The summed E-state index contributed by atoms with van der Waals surface area (Å²) in [5, 5.41) is 7.24. The van der Waals surface area contributed by atoms with Crippen LogP contribution in [0.5, 0.6) is 0 Å². The summed E-state index contributed by atoms with van der Waals surface area (Å²) < 4.78 is 11.3. The Morgan fingerprint density at radius 3 is 2.82 bits per heavy atom. The molecule has 1 aliphatic heterocycles. The predicted octanol–water partition coefficient (Wildman–Crippen LogP) is 2.17. The van der Waals surface area contributed by atoms with Gasteiger partial charge in [-0.05, 0) is 32.6 Å². The van der Waals surface area contributed by atoms with Crippen LogP contribution >= 0.6 is 11.6 Å². The van der Waals surface area contributed by atoms with E-state index >= 15 is 0 Å². The molecule has 6 nitrogen and oxygen atoms in total. The number of aryl methyl sites for hydroxylation is 1. The van der Waals surface area contributed by atoms with Crippen molar-refractivity contribution in [3.8, 4) is 0 Å². The Hall–Kier alpha value is -1.11. The highest BCUT2D eigenvalue weighted by atomic mass is 35.5. The van der Waals surface area contributed by atoms with Gasteiger partial charge in [-0.1, -0.05) is 11.6 Å². The number of hydrogen-bond donors (Lipinski definition) is 1. The molecule has 1 saturated carbocycles. The highest BCUT2D eigenvalue weighted by Crippen LogP contribution is 2.43. The van der Waals surface area contributed by atoms with Crippen LogP contribution in [-0.2, 0) is 9.47 Å². The Bertz CT molecular complexity index is 576. The zero-order valence-electron chi connectivity index (χ0n) is 13.2. The summed E-state index contributed by atoms with van der Waals surface area (Å²) in [7, 11) is 3.46. The van der Waals surface area contributed by atoms with Gasteiger partial charge in [-0.15, -0.1) is 0 Å². The van der Waals surface area contributed by atoms with Crippen molar-refractivity contribution < 1.29 is 14.3 Å². The first-order chi connectivity index (χ1) is 10.5. The number of methoxy groups -OCH3 is 2. The summed E-state index contributed by atoms with van der Waals surface area (Å²) in [6.07, 6.45) is 3.67. The molecule has 2 fully saturated rings. The molecule has 1 amide bonds. The Labute approximate surface area is 135 Å². The second-order valence-electron chi connectivity index (χ2n) is 6.18. The highest BCUT2D eigenvalue weighted by Gasteiger charge is 2.53. The standard InChI is InChI=1S/C15H22ClN3O3/c1-9-12(16)13(18-17-9)14(20)19-7-6-15(22-3)5-4-10(21-2)8-11(15)19/h10-11H,4-8H2,1-3H3,(H,17,18)/t10-,11+,15-/m1/s1. The van der Waals surface area contributed by atoms with Crippen molar-refractivity contribution in [2.45, 2.75) is 50.4 Å². The second-order valence-corrected chi connectivity index (χ2v) is 6.55. The number of aromatic nitrogens is 2. The van der Waals surface area contributed by atoms with Gasteiger partial charge in [0.15, 0.2) is 5.69 Å². The molecule has 2 heterocycles. The van der Waals surface area contributed by atoms with Crippen LogP contribution in [0.4, 0.5) is 0 Å². The zero-order chi connectivity index (χ0) is 15.9. The first-order valence-corrected chi connectivity index (χ1v) is 7.99. The normalized spacial score (nSPS) is 31.4. The number of hydrogen-bond acceptors (Lipinski definition) is 4. The lowest BCUT2D eigenvalue weighted by molar-refractivity contribution is -0.0894. The monoisotopic (exact) mass is 327 g/mol. The van der Waals surface area contributed by atoms with Crippen LogP contribution in [0.2, 0.25) is 5.02 Å². The molecule has 22 heavy (non-hydrogen) atoms. The number of fused-ring (bicyclic) bond motifs is 1. The summed E-state index contributed by atoms with van der Waals surface area (Å²) in [5.74, 6) is -0.130. The Balaban J connectivity index is 1.88. The molecule has 3 atom stereocenters. The third-order valence-corrected chi connectivity index (χ3v) is 5.67. The molecule has 1 aromatic rings. The SMILES string of the molecule is CO[C@@H]1CC[C@@]2(OC)CCN(C(=O)c3n[nH]c(C)c3Cl)[C@H]2C1. The van der Waals surface area contributed by atoms with E-state index in [9.17, 15) is 4.79 Å². The topological polar surface area (TPSA) is 67.5 Å². The minimum absolute atomic E-state index is 0.0109. The first-order valence-electron chi connectivity index (χ1n) is 7.62. The lowest BCUT2D eigenvalue weighted by Crippen LogP contribution is -2.53. The molecule has 0 unspecified atom stereocenters. The van der Waals surface area contributed by atoms with Gasteiger partial charge >= 0.3 is 0 Å². The van der Waals surface area contributed by atoms with Crippen LogP contribution in [0.1, 0.15) is 41.9 Å². The van der Waals surface area contributed by atoms with Gasteiger partial charge in [0, 0.05) is 20.8 Å². The van der Waals surface area contributed by atoms with E-state index in [2.05, 4.69) is 10.2 Å². The van der Waals surface area contributed by atoms with E-state index in [-0.39, 0.29) is 23.7 Å². The first kappa shape index (κ1) is 15.8. The molecular formula is C15H22ClN3O3. The fraction of sp³-hybridized carbons (Fsp3) is 0.733. The Kier molecular flexibility index (Phi) is 4.18. The van der Waals surface area contributed by atoms with Gasteiger partial charge < -0.3 is 14.4 Å². The molecule has 1 saturated heterocycles. The minimum Gasteiger partial charge on any atom is -0.381 e. The molecule has 1 N–H and O–H groups in total. The average molecular weight is 328 g/mol. The highest BCUT2D eigenvalue weighted by molar-refractivity contribution is 6.34. The number of H-pyrrole nitrogens is 1. The number of likely N-dealkylation sites (tertiary alicyclic amines) is 1. The second kappa shape index (κ2) is 5.83.